The van der Waals surface area contributed by atoms with E-state index in [1.54, 1.807) is 20.0 Å². The molecule has 5 heteroatoms. The predicted molar refractivity (Wildman–Crippen MR) is 61.8 cm³/mol. The summed E-state index contributed by atoms with van der Waals surface area (Å²) in [6, 6.07) is 1.69. The highest BCUT2D eigenvalue weighted by molar-refractivity contribution is 5.81. The van der Waals surface area contributed by atoms with Gasteiger partial charge in [-0.25, -0.2) is 4.98 Å². The van der Waals surface area contributed by atoms with E-state index in [1.807, 2.05) is 13.0 Å². The molecule has 0 bridgehead atoms. The Kier molecular flexibility index (Phi) is 4.70. The van der Waals surface area contributed by atoms with E-state index in [0.29, 0.717) is 18.1 Å². The first-order valence-corrected chi connectivity index (χ1v) is 5.70. The van der Waals surface area contributed by atoms with Gasteiger partial charge in [-0.05, 0) is 20.3 Å². The van der Waals surface area contributed by atoms with Crippen molar-refractivity contribution in [3.63, 3.8) is 0 Å². The van der Waals surface area contributed by atoms with Crippen molar-refractivity contribution in [3.05, 3.63) is 17.8 Å². The van der Waals surface area contributed by atoms with E-state index in [1.165, 1.54) is 0 Å². The number of rotatable bonds is 5. The van der Waals surface area contributed by atoms with Crippen LogP contribution in [-0.2, 0) is 4.79 Å². The van der Waals surface area contributed by atoms with Crippen LogP contribution in [-0.4, -0.2) is 10.9 Å². The third-order valence-electron chi connectivity index (χ3n) is 2.42. The van der Waals surface area contributed by atoms with Crippen LogP contribution < -0.4 is 5.32 Å². The lowest BCUT2D eigenvalue weighted by Crippen LogP contribution is -2.32. The van der Waals surface area contributed by atoms with Gasteiger partial charge in [-0.3, -0.25) is 4.79 Å². The van der Waals surface area contributed by atoms with Crippen molar-refractivity contribution in [1.29, 1.82) is 5.26 Å². The smallest absolute Gasteiger partial charge is 0.237 e. The second-order valence-corrected chi connectivity index (χ2v) is 4.01. The Hall–Kier alpha value is -1.83. The van der Waals surface area contributed by atoms with Gasteiger partial charge in [0.2, 0.25) is 11.8 Å². The molecular formula is C12H17N3O2. The monoisotopic (exact) mass is 235 g/mol. The third kappa shape index (κ3) is 3.59. The Morgan fingerprint density at radius 1 is 1.71 bits per heavy atom. The molecule has 0 saturated carbocycles. The predicted octanol–water partition coefficient (Wildman–Crippen LogP) is 2.10. The Labute approximate surface area is 101 Å². The Morgan fingerprint density at radius 2 is 2.41 bits per heavy atom. The van der Waals surface area contributed by atoms with Crippen molar-refractivity contribution in [3.8, 4) is 6.07 Å². The first-order chi connectivity index (χ1) is 8.08. The number of hydrogen-bond acceptors (Lipinski definition) is 4. The first-order valence-electron chi connectivity index (χ1n) is 5.70. The number of oxazole rings is 1. The standard InChI is InChI=1S/C12H17N3O2/c1-4-5-10(6-13)11(16)15-9(3)12-14-7-8(2)17-12/h7,9-10H,4-5H2,1-3H3,(H,15,16). The van der Waals surface area contributed by atoms with Crippen LogP contribution in [0.3, 0.4) is 0 Å². The highest BCUT2D eigenvalue weighted by Crippen LogP contribution is 2.13. The Balaban J connectivity index is 2.59. The van der Waals surface area contributed by atoms with Gasteiger partial charge in [0.25, 0.3) is 0 Å². The van der Waals surface area contributed by atoms with Crippen molar-refractivity contribution in [2.24, 2.45) is 5.92 Å². The van der Waals surface area contributed by atoms with E-state index in [2.05, 4.69) is 10.3 Å². The largest absolute Gasteiger partial charge is 0.444 e. The van der Waals surface area contributed by atoms with Gasteiger partial charge in [0.1, 0.15) is 17.7 Å². The van der Waals surface area contributed by atoms with Gasteiger partial charge in [-0.2, -0.15) is 5.26 Å². The fourth-order valence-electron chi connectivity index (χ4n) is 1.49. The van der Waals surface area contributed by atoms with Crippen LogP contribution in [0.5, 0.6) is 0 Å². The van der Waals surface area contributed by atoms with Crippen LogP contribution in [0.1, 0.15) is 44.4 Å². The lowest BCUT2D eigenvalue weighted by Gasteiger charge is -2.13. The maximum atomic E-state index is 11.8. The Morgan fingerprint density at radius 3 is 2.88 bits per heavy atom. The molecule has 0 aromatic carbocycles. The molecule has 0 saturated heterocycles. The van der Waals surface area contributed by atoms with Gasteiger partial charge >= 0.3 is 0 Å². The minimum absolute atomic E-state index is 0.266. The normalized spacial score (nSPS) is 13.8. The lowest BCUT2D eigenvalue weighted by atomic mass is 10.0. The number of carbonyl (C=O) groups is 1. The van der Waals surface area contributed by atoms with Crippen molar-refractivity contribution < 1.29 is 9.21 Å². The number of hydrogen-bond donors (Lipinski definition) is 1. The average Bonchev–Trinajstić information content (AvgIpc) is 2.72. The topological polar surface area (TPSA) is 78.9 Å². The summed E-state index contributed by atoms with van der Waals surface area (Å²) in [5.74, 6) is 0.298. The number of nitriles is 1. The molecule has 0 aliphatic carbocycles. The molecule has 1 amide bonds. The molecule has 0 spiro atoms. The molecule has 1 heterocycles. The van der Waals surface area contributed by atoms with Crippen molar-refractivity contribution in [2.45, 2.75) is 39.7 Å². The lowest BCUT2D eigenvalue weighted by molar-refractivity contribution is -0.124. The molecule has 1 rings (SSSR count). The molecule has 1 N–H and O–H groups in total. The quantitative estimate of drug-likeness (QED) is 0.847. The maximum absolute atomic E-state index is 11.8. The summed E-state index contributed by atoms with van der Waals surface area (Å²) in [6.45, 7) is 5.52. The van der Waals surface area contributed by atoms with Crippen LogP contribution in [0, 0.1) is 24.2 Å². The fraction of sp³-hybridized carbons (Fsp3) is 0.583. The van der Waals surface area contributed by atoms with Crippen LogP contribution >= 0.6 is 0 Å². The number of nitrogens with one attached hydrogen (secondary N) is 1. The van der Waals surface area contributed by atoms with E-state index in [9.17, 15) is 4.79 Å². The van der Waals surface area contributed by atoms with E-state index < -0.39 is 5.92 Å². The fourth-order valence-corrected chi connectivity index (χ4v) is 1.49. The van der Waals surface area contributed by atoms with Gasteiger partial charge < -0.3 is 9.73 Å². The number of amides is 1. The van der Waals surface area contributed by atoms with Crippen LogP contribution in [0.15, 0.2) is 10.6 Å². The van der Waals surface area contributed by atoms with Crippen LogP contribution in [0.4, 0.5) is 0 Å². The molecule has 0 fully saturated rings. The second kappa shape index (κ2) is 6.04. The molecule has 1 aromatic heterocycles. The first kappa shape index (κ1) is 13.2. The SMILES string of the molecule is CCCC(C#N)C(=O)NC(C)c1ncc(C)o1. The number of aryl methyl sites for hydroxylation is 1. The molecule has 17 heavy (non-hydrogen) atoms. The molecule has 92 valence electrons. The summed E-state index contributed by atoms with van der Waals surface area (Å²) in [7, 11) is 0. The van der Waals surface area contributed by atoms with Gasteiger partial charge in [0.05, 0.1) is 12.3 Å². The second-order valence-electron chi connectivity index (χ2n) is 4.01. The highest BCUT2D eigenvalue weighted by Gasteiger charge is 2.21. The summed E-state index contributed by atoms with van der Waals surface area (Å²) < 4.78 is 5.31. The van der Waals surface area contributed by atoms with Crippen molar-refractivity contribution >= 4 is 5.91 Å². The van der Waals surface area contributed by atoms with E-state index in [4.69, 9.17) is 9.68 Å². The molecule has 1 aromatic rings. The van der Waals surface area contributed by atoms with E-state index in [0.717, 1.165) is 6.42 Å². The number of carbonyl (C=O) groups excluding carboxylic acids is 1. The van der Waals surface area contributed by atoms with Crippen molar-refractivity contribution in [2.75, 3.05) is 0 Å². The molecule has 2 atom stereocenters. The zero-order valence-electron chi connectivity index (χ0n) is 10.4. The highest BCUT2D eigenvalue weighted by atomic mass is 16.4. The van der Waals surface area contributed by atoms with Gasteiger partial charge in [-0.1, -0.05) is 13.3 Å². The zero-order chi connectivity index (χ0) is 12.8. The third-order valence-corrected chi connectivity index (χ3v) is 2.42. The van der Waals surface area contributed by atoms with Crippen LogP contribution in [0.25, 0.3) is 0 Å². The van der Waals surface area contributed by atoms with Gasteiger partial charge in [0.15, 0.2) is 0 Å². The summed E-state index contributed by atoms with van der Waals surface area (Å²) in [4.78, 5) is 15.8. The average molecular weight is 235 g/mol. The van der Waals surface area contributed by atoms with E-state index >= 15 is 0 Å². The van der Waals surface area contributed by atoms with Gasteiger partial charge in [-0.15, -0.1) is 0 Å². The zero-order valence-corrected chi connectivity index (χ0v) is 10.4. The summed E-state index contributed by atoms with van der Waals surface area (Å²) >= 11 is 0. The molecular weight excluding hydrogens is 218 g/mol. The summed E-state index contributed by atoms with van der Waals surface area (Å²) in [5, 5.41) is 11.6. The summed E-state index contributed by atoms with van der Waals surface area (Å²) in [6.07, 6.45) is 2.98. The number of nitrogens with zero attached hydrogens (tertiary/aromatic N) is 2. The molecule has 0 aliphatic rings. The number of aromatic nitrogens is 1. The Bertz CT molecular complexity index is 420. The summed E-state index contributed by atoms with van der Waals surface area (Å²) in [5.41, 5.74) is 0. The van der Waals surface area contributed by atoms with E-state index in [-0.39, 0.29) is 11.9 Å². The minimum atomic E-state index is -0.599. The van der Waals surface area contributed by atoms with Crippen molar-refractivity contribution in [1.82, 2.24) is 10.3 Å². The minimum Gasteiger partial charge on any atom is -0.444 e. The molecule has 2 unspecified atom stereocenters. The maximum Gasteiger partial charge on any atom is 0.237 e. The molecule has 5 nitrogen and oxygen atoms in total. The molecule has 0 radical (unpaired) electrons. The van der Waals surface area contributed by atoms with Gasteiger partial charge in [0, 0.05) is 0 Å². The van der Waals surface area contributed by atoms with Crippen LogP contribution in [0.2, 0.25) is 0 Å². The molecule has 0 aliphatic heterocycles.